The van der Waals surface area contributed by atoms with Gasteiger partial charge in [-0.15, -0.1) is 0 Å². The van der Waals surface area contributed by atoms with Crippen molar-refractivity contribution in [2.45, 2.75) is 39.5 Å². The van der Waals surface area contributed by atoms with E-state index in [0.717, 1.165) is 5.56 Å². The molecule has 4 heteroatoms. The van der Waals surface area contributed by atoms with E-state index in [-0.39, 0.29) is 18.6 Å². The van der Waals surface area contributed by atoms with E-state index < -0.39 is 6.10 Å². The van der Waals surface area contributed by atoms with Crippen LogP contribution in [-0.2, 0) is 11.4 Å². The summed E-state index contributed by atoms with van der Waals surface area (Å²) in [5.41, 5.74) is 0.763. The fraction of sp³-hybridized carbons (Fsp3) is 0.462. The molecule has 0 saturated carbocycles. The van der Waals surface area contributed by atoms with Crippen LogP contribution in [0, 0.1) is 0 Å². The van der Waals surface area contributed by atoms with Crippen LogP contribution in [-0.4, -0.2) is 23.2 Å². The average molecular weight is 237 g/mol. The molecular weight excluding hydrogens is 218 g/mol. The van der Waals surface area contributed by atoms with E-state index >= 15 is 0 Å². The van der Waals surface area contributed by atoms with Gasteiger partial charge in [0.05, 0.1) is 6.61 Å². The van der Waals surface area contributed by atoms with Crippen LogP contribution in [0.1, 0.15) is 26.3 Å². The quantitative estimate of drug-likeness (QED) is 0.815. The van der Waals surface area contributed by atoms with Gasteiger partial charge in [-0.05, 0) is 38.5 Å². The minimum Gasteiger partial charge on any atom is -0.481 e. The molecule has 0 aromatic heterocycles. The highest BCUT2D eigenvalue weighted by Gasteiger charge is 2.15. The van der Waals surface area contributed by atoms with Gasteiger partial charge in [0.15, 0.2) is 6.10 Å². The number of aliphatic hydroxyl groups is 1. The smallest absolute Gasteiger partial charge is 0.260 e. The Bertz CT molecular complexity index is 377. The maximum absolute atomic E-state index is 11.6. The van der Waals surface area contributed by atoms with Crippen molar-refractivity contribution >= 4 is 5.91 Å². The standard InChI is InChI=1S/C13H19NO3/c1-9(2)14-13(16)10(3)17-12-6-4-5-11(7-12)8-15/h4-7,9-10,15H,8H2,1-3H3,(H,14,16). The second-order valence-electron chi connectivity index (χ2n) is 4.23. The molecule has 1 amide bonds. The number of hydrogen-bond acceptors (Lipinski definition) is 3. The van der Waals surface area contributed by atoms with Crippen molar-refractivity contribution in [2.75, 3.05) is 0 Å². The molecule has 0 fully saturated rings. The van der Waals surface area contributed by atoms with E-state index in [0.29, 0.717) is 5.75 Å². The molecule has 0 aliphatic heterocycles. The lowest BCUT2D eigenvalue weighted by molar-refractivity contribution is -0.127. The van der Waals surface area contributed by atoms with Crippen molar-refractivity contribution in [1.29, 1.82) is 0 Å². The SMILES string of the molecule is CC(C)NC(=O)C(C)Oc1cccc(CO)c1. The van der Waals surface area contributed by atoms with Crippen LogP contribution in [0.2, 0.25) is 0 Å². The Morgan fingerprint density at radius 2 is 2.12 bits per heavy atom. The monoisotopic (exact) mass is 237 g/mol. The molecule has 1 rings (SSSR count). The number of ether oxygens (including phenoxy) is 1. The Hall–Kier alpha value is -1.55. The highest BCUT2D eigenvalue weighted by molar-refractivity contribution is 5.80. The Kier molecular flexibility index (Phi) is 4.97. The zero-order valence-corrected chi connectivity index (χ0v) is 10.4. The lowest BCUT2D eigenvalue weighted by Gasteiger charge is -2.16. The van der Waals surface area contributed by atoms with Crippen LogP contribution < -0.4 is 10.1 Å². The molecule has 0 aliphatic carbocycles. The van der Waals surface area contributed by atoms with E-state index in [1.54, 1.807) is 31.2 Å². The molecule has 1 atom stereocenters. The van der Waals surface area contributed by atoms with Crippen molar-refractivity contribution in [2.24, 2.45) is 0 Å². The number of hydrogen-bond donors (Lipinski definition) is 2. The molecule has 1 unspecified atom stereocenters. The largest absolute Gasteiger partial charge is 0.481 e. The summed E-state index contributed by atoms with van der Waals surface area (Å²) in [6, 6.07) is 7.16. The van der Waals surface area contributed by atoms with E-state index in [1.165, 1.54) is 0 Å². The van der Waals surface area contributed by atoms with Crippen molar-refractivity contribution in [1.82, 2.24) is 5.32 Å². The van der Waals surface area contributed by atoms with Gasteiger partial charge in [-0.1, -0.05) is 12.1 Å². The lowest BCUT2D eigenvalue weighted by Crippen LogP contribution is -2.40. The van der Waals surface area contributed by atoms with E-state index in [1.807, 2.05) is 13.8 Å². The fourth-order valence-corrected chi connectivity index (χ4v) is 1.38. The third-order valence-corrected chi connectivity index (χ3v) is 2.19. The third-order valence-electron chi connectivity index (χ3n) is 2.19. The summed E-state index contributed by atoms with van der Waals surface area (Å²) in [7, 11) is 0. The molecule has 2 N–H and O–H groups in total. The number of carbonyl (C=O) groups is 1. The number of carbonyl (C=O) groups excluding carboxylic acids is 1. The summed E-state index contributed by atoms with van der Waals surface area (Å²) in [6.07, 6.45) is -0.550. The maximum atomic E-state index is 11.6. The van der Waals surface area contributed by atoms with Crippen molar-refractivity contribution < 1.29 is 14.6 Å². The van der Waals surface area contributed by atoms with Crippen LogP contribution in [0.15, 0.2) is 24.3 Å². The Balaban J connectivity index is 2.60. The Labute approximate surface area is 102 Å². The Morgan fingerprint density at radius 1 is 1.41 bits per heavy atom. The third kappa shape index (κ3) is 4.44. The summed E-state index contributed by atoms with van der Waals surface area (Å²) in [6.45, 7) is 5.46. The lowest BCUT2D eigenvalue weighted by atomic mass is 10.2. The molecule has 94 valence electrons. The highest BCUT2D eigenvalue weighted by Crippen LogP contribution is 2.15. The minimum absolute atomic E-state index is 0.0379. The summed E-state index contributed by atoms with van der Waals surface area (Å²) in [5.74, 6) is 0.442. The van der Waals surface area contributed by atoms with Gasteiger partial charge < -0.3 is 15.2 Å². The summed E-state index contributed by atoms with van der Waals surface area (Å²) in [4.78, 5) is 11.6. The van der Waals surface area contributed by atoms with E-state index in [9.17, 15) is 4.79 Å². The number of aliphatic hydroxyl groups excluding tert-OH is 1. The van der Waals surface area contributed by atoms with Crippen molar-refractivity contribution in [3.05, 3.63) is 29.8 Å². The molecule has 0 bridgehead atoms. The molecule has 0 heterocycles. The molecule has 0 aliphatic rings. The van der Waals surface area contributed by atoms with Crippen molar-refractivity contribution in [3.8, 4) is 5.75 Å². The topological polar surface area (TPSA) is 58.6 Å². The Morgan fingerprint density at radius 3 is 2.71 bits per heavy atom. The van der Waals surface area contributed by atoms with Gasteiger partial charge in [-0.25, -0.2) is 0 Å². The van der Waals surface area contributed by atoms with Crippen LogP contribution in [0.4, 0.5) is 0 Å². The summed E-state index contributed by atoms with van der Waals surface area (Å²) < 4.78 is 5.50. The zero-order chi connectivity index (χ0) is 12.8. The normalized spacial score (nSPS) is 12.3. The van der Waals surface area contributed by atoms with Gasteiger partial charge in [-0.2, -0.15) is 0 Å². The molecule has 0 radical (unpaired) electrons. The minimum atomic E-state index is -0.550. The first-order valence-corrected chi connectivity index (χ1v) is 5.69. The molecule has 4 nitrogen and oxygen atoms in total. The van der Waals surface area contributed by atoms with Crippen molar-refractivity contribution in [3.63, 3.8) is 0 Å². The second kappa shape index (κ2) is 6.25. The first kappa shape index (κ1) is 13.5. The number of benzene rings is 1. The number of amides is 1. The van der Waals surface area contributed by atoms with Gasteiger partial charge in [0.1, 0.15) is 5.75 Å². The fourth-order valence-electron chi connectivity index (χ4n) is 1.38. The predicted octanol–water partition coefficient (Wildman–Crippen LogP) is 1.47. The zero-order valence-electron chi connectivity index (χ0n) is 10.4. The van der Waals surface area contributed by atoms with Gasteiger partial charge in [0.25, 0.3) is 5.91 Å². The van der Waals surface area contributed by atoms with Gasteiger partial charge >= 0.3 is 0 Å². The summed E-state index contributed by atoms with van der Waals surface area (Å²) in [5, 5.41) is 11.8. The second-order valence-corrected chi connectivity index (χ2v) is 4.23. The summed E-state index contributed by atoms with van der Waals surface area (Å²) >= 11 is 0. The molecule has 0 spiro atoms. The number of rotatable bonds is 5. The van der Waals surface area contributed by atoms with E-state index in [4.69, 9.17) is 9.84 Å². The average Bonchev–Trinajstić information content (AvgIpc) is 2.28. The first-order chi connectivity index (χ1) is 8.02. The van der Waals surface area contributed by atoms with Crippen LogP contribution in [0.5, 0.6) is 5.75 Å². The van der Waals surface area contributed by atoms with E-state index in [2.05, 4.69) is 5.32 Å². The van der Waals surface area contributed by atoms with Gasteiger partial charge in [0, 0.05) is 6.04 Å². The van der Waals surface area contributed by atoms with Crippen LogP contribution in [0.3, 0.4) is 0 Å². The van der Waals surface area contributed by atoms with Crippen LogP contribution in [0.25, 0.3) is 0 Å². The molecule has 17 heavy (non-hydrogen) atoms. The molecule has 0 saturated heterocycles. The predicted molar refractivity (Wildman–Crippen MR) is 65.7 cm³/mol. The van der Waals surface area contributed by atoms with Crippen LogP contribution >= 0.6 is 0 Å². The van der Waals surface area contributed by atoms with Gasteiger partial charge in [-0.3, -0.25) is 4.79 Å². The molecule has 1 aromatic carbocycles. The van der Waals surface area contributed by atoms with Gasteiger partial charge in [0.2, 0.25) is 0 Å². The molecular formula is C13H19NO3. The highest BCUT2D eigenvalue weighted by atomic mass is 16.5. The molecule has 1 aromatic rings. The maximum Gasteiger partial charge on any atom is 0.260 e. The first-order valence-electron chi connectivity index (χ1n) is 5.69. The number of nitrogens with one attached hydrogen (secondary N) is 1.